The summed E-state index contributed by atoms with van der Waals surface area (Å²) in [4.78, 5) is 50.6. The van der Waals surface area contributed by atoms with Crippen LogP contribution in [0.4, 0.5) is 4.39 Å². The first-order valence-corrected chi connectivity index (χ1v) is 10.8. The van der Waals surface area contributed by atoms with Crippen LogP contribution in [0.1, 0.15) is 11.5 Å². The number of esters is 1. The summed E-state index contributed by atoms with van der Waals surface area (Å²) in [5, 5.41) is 3.59. The molecule has 1 N–H and O–H groups in total. The highest BCUT2D eigenvalue weighted by atomic mass is 35.5. The Morgan fingerprint density at radius 3 is 2.74 bits per heavy atom. The molecular formula is C24H20ClFN2O6. The molecule has 8 nitrogen and oxygen atoms in total. The van der Waals surface area contributed by atoms with E-state index < -0.39 is 35.3 Å². The lowest BCUT2D eigenvalue weighted by atomic mass is 9.95. The molecule has 1 aliphatic heterocycles. The minimum absolute atomic E-state index is 0.0612. The molecule has 176 valence electrons. The maximum absolute atomic E-state index is 13.5. The van der Waals surface area contributed by atoms with Crippen LogP contribution in [0.2, 0.25) is 5.02 Å². The number of piperazine rings is 1. The Hall–Kier alpha value is -3.56. The maximum Gasteiger partial charge on any atom is 0.336 e. The van der Waals surface area contributed by atoms with Crippen LogP contribution in [-0.2, 0) is 19.1 Å². The zero-order valence-corrected chi connectivity index (χ0v) is 18.8. The highest BCUT2D eigenvalue weighted by Gasteiger charge is 2.33. The molecular weight excluding hydrogens is 467 g/mol. The lowest BCUT2D eigenvalue weighted by Crippen LogP contribution is -2.56. The van der Waals surface area contributed by atoms with Crippen molar-refractivity contribution in [3.05, 3.63) is 69.3 Å². The Morgan fingerprint density at radius 2 is 2.03 bits per heavy atom. The molecule has 0 bridgehead atoms. The van der Waals surface area contributed by atoms with E-state index in [2.05, 4.69) is 5.32 Å². The second-order valence-corrected chi connectivity index (χ2v) is 8.19. The van der Waals surface area contributed by atoms with Crippen LogP contribution in [0.3, 0.4) is 0 Å². The third-order valence-corrected chi connectivity index (χ3v) is 6.04. The van der Waals surface area contributed by atoms with Crippen molar-refractivity contribution in [1.82, 2.24) is 10.2 Å². The molecule has 0 unspecified atom stereocenters. The van der Waals surface area contributed by atoms with E-state index in [1.165, 1.54) is 36.3 Å². The Balaban J connectivity index is 1.70. The summed E-state index contributed by atoms with van der Waals surface area (Å²) in [6.07, 6.45) is 0.511. The van der Waals surface area contributed by atoms with Crippen LogP contribution in [0.15, 0.2) is 51.7 Å². The van der Waals surface area contributed by atoms with E-state index in [0.29, 0.717) is 41.5 Å². The molecule has 0 aliphatic carbocycles. The van der Waals surface area contributed by atoms with Gasteiger partial charge in [-0.05, 0) is 29.8 Å². The topological polar surface area (TPSA) is 106 Å². The molecule has 34 heavy (non-hydrogen) atoms. The van der Waals surface area contributed by atoms with Crippen LogP contribution in [0, 0.1) is 5.82 Å². The highest BCUT2D eigenvalue weighted by Crippen LogP contribution is 2.34. The molecule has 1 aromatic heterocycles. The molecule has 2 heterocycles. The third kappa shape index (κ3) is 4.57. The Kier molecular flexibility index (Phi) is 6.76. The van der Waals surface area contributed by atoms with Crippen molar-refractivity contribution in [3.63, 3.8) is 0 Å². The lowest BCUT2D eigenvalue weighted by molar-refractivity contribution is -0.146. The number of nitrogens with one attached hydrogen (secondary N) is 1. The fraction of sp³-hybridized carbons (Fsp3) is 0.250. The van der Waals surface area contributed by atoms with Crippen LogP contribution in [-0.4, -0.2) is 55.8 Å². The molecule has 0 radical (unpaired) electrons. The standard InChI is InChI=1S/C24H20ClFN2O6/c1-33-24(32)20-11-28(7-6-27-20)23(31)18(12-29)13-2-4-16-17(10-22(30)34-21(16)8-13)15-5-3-14(26)9-19(15)25/h2-5,8-10,12,18,20,27H,6-7,11H2,1H3/t18-,20+/m0/s1. The largest absolute Gasteiger partial charge is 0.468 e. The molecule has 0 spiro atoms. The second-order valence-electron chi connectivity index (χ2n) is 7.79. The van der Waals surface area contributed by atoms with Gasteiger partial charge < -0.3 is 24.2 Å². The number of halogens is 2. The van der Waals surface area contributed by atoms with Gasteiger partial charge in [0.05, 0.1) is 12.1 Å². The first-order chi connectivity index (χ1) is 16.3. The van der Waals surface area contributed by atoms with Crippen molar-refractivity contribution >= 4 is 40.7 Å². The second kappa shape index (κ2) is 9.74. The number of hydrogen-bond donors (Lipinski definition) is 1. The van der Waals surface area contributed by atoms with Gasteiger partial charge in [-0.25, -0.2) is 9.18 Å². The minimum Gasteiger partial charge on any atom is -0.468 e. The van der Waals surface area contributed by atoms with E-state index in [9.17, 15) is 23.6 Å². The number of hydrogen-bond acceptors (Lipinski definition) is 7. The summed E-state index contributed by atoms with van der Waals surface area (Å²) in [6.45, 7) is 0.740. The SMILES string of the molecule is COC(=O)[C@H]1CN(C(=O)[C@@H](C=O)c2ccc3c(-c4ccc(F)cc4Cl)cc(=O)oc3c2)CCN1. The first-order valence-electron chi connectivity index (χ1n) is 10.4. The van der Waals surface area contributed by atoms with E-state index in [1.54, 1.807) is 12.1 Å². The average molecular weight is 487 g/mol. The molecule has 1 saturated heterocycles. The van der Waals surface area contributed by atoms with Crippen molar-refractivity contribution in [1.29, 1.82) is 0 Å². The number of carbonyl (C=O) groups is 3. The van der Waals surface area contributed by atoms with Crippen LogP contribution in [0.25, 0.3) is 22.1 Å². The van der Waals surface area contributed by atoms with Crippen molar-refractivity contribution < 1.29 is 27.9 Å². The summed E-state index contributed by atoms with van der Waals surface area (Å²) in [5.41, 5.74) is 0.669. The Morgan fingerprint density at radius 1 is 1.24 bits per heavy atom. The molecule has 3 aromatic rings. The summed E-state index contributed by atoms with van der Waals surface area (Å²) in [5.74, 6) is -2.66. The van der Waals surface area contributed by atoms with E-state index in [0.717, 1.165) is 6.07 Å². The predicted molar refractivity (Wildman–Crippen MR) is 122 cm³/mol. The number of ether oxygens (including phenoxy) is 1. The Bertz CT molecular complexity index is 1340. The number of methoxy groups -OCH3 is 1. The number of benzene rings is 2. The van der Waals surface area contributed by atoms with Crippen molar-refractivity contribution in [2.24, 2.45) is 0 Å². The normalized spacial score (nSPS) is 16.8. The summed E-state index contributed by atoms with van der Waals surface area (Å²) < 4.78 is 23.5. The first kappa shape index (κ1) is 23.6. The van der Waals surface area contributed by atoms with Crippen LogP contribution >= 0.6 is 11.6 Å². The van der Waals surface area contributed by atoms with E-state index in [1.807, 2.05) is 0 Å². The van der Waals surface area contributed by atoms with Crippen LogP contribution in [0.5, 0.6) is 0 Å². The molecule has 1 amide bonds. The zero-order valence-electron chi connectivity index (χ0n) is 18.0. The average Bonchev–Trinajstić information content (AvgIpc) is 2.83. The maximum atomic E-state index is 13.5. The molecule has 2 aromatic carbocycles. The predicted octanol–water partition coefficient (Wildman–Crippen LogP) is 2.51. The number of fused-ring (bicyclic) bond motifs is 1. The van der Waals surface area contributed by atoms with Gasteiger partial charge in [0, 0.05) is 42.2 Å². The van der Waals surface area contributed by atoms with Gasteiger partial charge in [0.25, 0.3) is 0 Å². The Labute approximate surface area is 198 Å². The zero-order chi connectivity index (χ0) is 24.4. The number of rotatable bonds is 5. The van der Waals surface area contributed by atoms with Gasteiger partial charge >= 0.3 is 11.6 Å². The highest BCUT2D eigenvalue weighted by molar-refractivity contribution is 6.33. The monoisotopic (exact) mass is 486 g/mol. The number of carbonyl (C=O) groups excluding carboxylic acids is 3. The third-order valence-electron chi connectivity index (χ3n) is 5.72. The van der Waals surface area contributed by atoms with Gasteiger partial charge in [-0.1, -0.05) is 23.7 Å². The summed E-state index contributed by atoms with van der Waals surface area (Å²) >= 11 is 6.19. The molecule has 4 rings (SSSR count). The number of aldehydes is 1. The van der Waals surface area contributed by atoms with Gasteiger partial charge in [0.1, 0.15) is 29.6 Å². The minimum atomic E-state index is -1.16. The van der Waals surface area contributed by atoms with Crippen molar-refractivity contribution in [3.8, 4) is 11.1 Å². The van der Waals surface area contributed by atoms with Gasteiger partial charge in [-0.2, -0.15) is 0 Å². The molecule has 0 saturated carbocycles. The van der Waals surface area contributed by atoms with Gasteiger partial charge in [-0.15, -0.1) is 0 Å². The van der Waals surface area contributed by atoms with E-state index in [4.69, 9.17) is 20.8 Å². The fourth-order valence-corrected chi connectivity index (χ4v) is 4.30. The van der Waals surface area contributed by atoms with Crippen molar-refractivity contribution in [2.75, 3.05) is 26.7 Å². The molecule has 1 fully saturated rings. The fourth-order valence-electron chi connectivity index (χ4n) is 4.03. The van der Waals surface area contributed by atoms with Gasteiger partial charge in [0.15, 0.2) is 0 Å². The van der Waals surface area contributed by atoms with E-state index >= 15 is 0 Å². The lowest BCUT2D eigenvalue weighted by Gasteiger charge is -2.33. The van der Waals surface area contributed by atoms with Gasteiger partial charge in [0.2, 0.25) is 5.91 Å². The van der Waals surface area contributed by atoms with Crippen LogP contribution < -0.4 is 10.9 Å². The quantitative estimate of drug-likeness (QED) is 0.255. The summed E-state index contributed by atoms with van der Waals surface area (Å²) in [6, 6.07) is 9.04. The number of amides is 1. The molecule has 10 heteroatoms. The van der Waals surface area contributed by atoms with Gasteiger partial charge in [-0.3, -0.25) is 9.59 Å². The number of nitrogens with zero attached hydrogens (tertiary/aromatic N) is 1. The van der Waals surface area contributed by atoms with E-state index in [-0.39, 0.29) is 17.2 Å². The smallest absolute Gasteiger partial charge is 0.336 e. The van der Waals surface area contributed by atoms with Crippen molar-refractivity contribution in [2.45, 2.75) is 12.0 Å². The summed E-state index contributed by atoms with van der Waals surface area (Å²) in [7, 11) is 1.26. The molecule has 2 atom stereocenters. The molecule has 1 aliphatic rings.